The zero-order valence-electron chi connectivity index (χ0n) is 25.6. The van der Waals surface area contributed by atoms with Crippen molar-refractivity contribution in [1.82, 2.24) is 24.6 Å². The first-order valence-corrected chi connectivity index (χ1v) is 17.0. The summed E-state index contributed by atoms with van der Waals surface area (Å²) in [6.07, 6.45) is 0.0389. The van der Waals surface area contributed by atoms with E-state index >= 15 is 4.39 Å². The van der Waals surface area contributed by atoms with E-state index in [1.807, 2.05) is 0 Å². The molecular weight excluding hydrogens is 630 g/mol. The van der Waals surface area contributed by atoms with Gasteiger partial charge in [-0.1, -0.05) is 31.0 Å². The number of ether oxygens (including phenoxy) is 2. The van der Waals surface area contributed by atoms with Gasteiger partial charge in [0.15, 0.2) is 29.4 Å². The van der Waals surface area contributed by atoms with Crippen LogP contribution in [0.25, 0.3) is 11.2 Å². The molecule has 0 unspecified atom stereocenters. The number of aliphatic hydroxyl groups excluding tert-OH is 1. The molecule has 0 radical (unpaired) electrons. The van der Waals surface area contributed by atoms with E-state index in [2.05, 4.69) is 25.4 Å². The van der Waals surface area contributed by atoms with Gasteiger partial charge in [0.1, 0.15) is 29.3 Å². The maximum absolute atomic E-state index is 15.9. The fourth-order valence-electron chi connectivity index (χ4n) is 5.40. The van der Waals surface area contributed by atoms with Crippen LogP contribution in [0.2, 0.25) is 0 Å². The molecule has 246 valence electrons. The Labute approximate surface area is 265 Å². The lowest BCUT2D eigenvalue weighted by atomic mass is 9.99. The van der Waals surface area contributed by atoms with Crippen LogP contribution in [-0.4, -0.2) is 79.1 Å². The second kappa shape index (κ2) is 13.9. The molecule has 2 fully saturated rings. The van der Waals surface area contributed by atoms with Crippen molar-refractivity contribution >= 4 is 42.3 Å². The number of fused-ring (bicyclic) bond motifs is 1. The summed E-state index contributed by atoms with van der Waals surface area (Å²) >= 11 is 6.30. The monoisotopic (exact) mass is 668 g/mol. The molecule has 3 aromatic rings. The van der Waals surface area contributed by atoms with Gasteiger partial charge in [0, 0.05) is 6.04 Å². The van der Waals surface area contributed by atoms with Gasteiger partial charge in [-0.2, -0.15) is 5.09 Å². The van der Waals surface area contributed by atoms with Gasteiger partial charge in [-0.3, -0.25) is 13.9 Å². The van der Waals surface area contributed by atoms with Crippen LogP contribution in [0.15, 0.2) is 36.7 Å². The number of rotatable bonds is 13. The van der Waals surface area contributed by atoms with Gasteiger partial charge in [0.05, 0.1) is 24.9 Å². The van der Waals surface area contributed by atoms with Gasteiger partial charge in [-0.15, -0.1) is 11.6 Å². The van der Waals surface area contributed by atoms with E-state index in [0.717, 1.165) is 25.7 Å². The lowest BCUT2D eigenvalue weighted by Crippen LogP contribution is -2.48. The number of para-hydroxylation sites is 1. The Kier molecular flexibility index (Phi) is 10.3. The Hall–Kier alpha value is -2.87. The van der Waals surface area contributed by atoms with E-state index in [1.165, 1.54) is 17.8 Å². The number of benzene rings is 1. The summed E-state index contributed by atoms with van der Waals surface area (Å²) in [5.41, 5.74) is -1.12. The third kappa shape index (κ3) is 7.42. The number of hydrogen-bond acceptors (Lipinski definition) is 11. The largest absolute Gasteiger partial charge is 0.462 e. The van der Waals surface area contributed by atoms with Gasteiger partial charge in [-0.25, -0.2) is 23.9 Å². The zero-order valence-corrected chi connectivity index (χ0v) is 27.2. The van der Waals surface area contributed by atoms with Crippen molar-refractivity contribution in [1.29, 1.82) is 0 Å². The van der Waals surface area contributed by atoms with Gasteiger partial charge >= 0.3 is 13.7 Å². The molecule has 1 saturated carbocycles. The van der Waals surface area contributed by atoms with Gasteiger partial charge in [-0.05, 0) is 52.7 Å². The van der Waals surface area contributed by atoms with Crippen LogP contribution in [0.4, 0.5) is 10.2 Å². The molecule has 2 aliphatic rings. The summed E-state index contributed by atoms with van der Waals surface area (Å²) < 4.78 is 54.0. The molecule has 45 heavy (non-hydrogen) atoms. The van der Waals surface area contributed by atoms with Crippen molar-refractivity contribution in [2.45, 2.75) is 95.7 Å². The number of nitrogens with zero attached hydrogens (tertiary/aromatic N) is 4. The van der Waals surface area contributed by atoms with Crippen LogP contribution in [0.1, 0.15) is 58.5 Å². The van der Waals surface area contributed by atoms with E-state index in [9.17, 15) is 14.5 Å². The molecule has 1 aliphatic heterocycles. The van der Waals surface area contributed by atoms with Gasteiger partial charge in [0.25, 0.3) is 0 Å². The van der Waals surface area contributed by atoms with Crippen molar-refractivity contribution in [2.75, 3.05) is 17.8 Å². The number of aliphatic hydroxyl groups is 1. The van der Waals surface area contributed by atoms with Crippen molar-refractivity contribution in [3.05, 3.63) is 42.5 Å². The number of esters is 1. The van der Waals surface area contributed by atoms with Crippen LogP contribution < -0.4 is 14.9 Å². The Balaban J connectivity index is 1.39. The fraction of sp³-hybridized carbons (Fsp3) is 0.586. The number of halogens is 2. The average molecular weight is 669 g/mol. The Morgan fingerprint density at radius 1 is 1.24 bits per heavy atom. The topological polar surface area (TPSA) is 159 Å². The Morgan fingerprint density at radius 2 is 1.96 bits per heavy atom. The molecule has 2 aromatic heterocycles. The fourth-order valence-corrected chi connectivity index (χ4v) is 7.25. The minimum Gasteiger partial charge on any atom is -0.462 e. The highest BCUT2D eigenvalue weighted by atomic mass is 35.5. The molecule has 0 bridgehead atoms. The lowest BCUT2D eigenvalue weighted by Gasteiger charge is -2.31. The Bertz CT molecular complexity index is 1530. The van der Waals surface area contributed by atoms with E-state index in [4.69, 9.17) is 30.1 Å². The summed E-state index contributed by atoms with van der Waals surface area (Å²) in [4.78, 5) is 26.0. The molecular formula is C29H39ClFN6O7P. The summed E-state index contributed by atoms with van der Waals surface area (Å²) in [6.45, 7) is 5.85. The normalized spacial score (nSPS) is 25.8. The minimum atomic E-state index is -4.37. The maximum Gasteiger partial charge on any atom is 0.459 e. The number of aromatic nitrogens is 4. The van der Waals surface area contributed by atoms with Crippen LogP contribution in [0.3, 0.4) is 0 Å². The minimum absolute atomic E-state index is 0.175. The third-order valence-electron chi connectivity index (χ3n) is 7.70. The van der Waals surface area contributed by atoms with Crippen molar-refractivity contribution in [3.63, 3.8) is 0 Å². The van der Waals surface area contributed by atoms with Gasteiger partial charge in [0.2, 0.25) is 0 Å². The number of hydrogen-bond donors (Lipinski definition) is 3. The lowest BCUT2D eigenvalue weighted by molar-refractivity contribution is -0.149. The molecule has 1 saturated heterocycles. The van der Waals surface area contributed by atoms with Crippen LogP contribution in [0, 0.1) is 6.92 Å². The number of carbonyl (C=O) groups excluding carboxylic acids is 1. The van der Waals surface area contributed by atoms with Crippen molar-refractivity contribution < 1.29 is 37.4 Å². The molecule has 1 aromatic carbocycles. The zero-order chi connectivity index (χ0) is 32.4. The first-order valence-electron chi connectivity index (χ1n) is 14.9. The molecule has 3 heterocycles. The van der Waals surface area contributed by atoms with E-state index < -0.39 is 62.5 Å². The number of aryl methyl sites for hydroxylation is 1. The number of imidazole rings is 1. The summed E-state index contributed by atoms with van der Waals surface area (Å²) in [7, 11) is -4.37. The van der Waals surface area contributed by atoms with E-state index in [0.29, 0.717) is 22.8 Å². The van der Waals surface area contributed by atoms with Gasteiger partial charge < -0.3 is 24.4 Å². The van der Waals surface area contributed by atoms with Crippen LogP contribution in [0.5, 0.6) is 5.75 Å². The van der Waals surface area contributed by atoms with Crippen LogP contribution >= 0.6 is 19.3 Å². The predicted molar refractivity (Wildman–Crippen MR) is 165 cm³/mol. The van der Waals surface area contributed by atoms with Crippen molar-refractivity contribution in [2.24, 2.45) is 0 Å². The van der Waals surface area contributed by atoms with Crippen LogP contribution in [-0.2, 0) is 23.4 Å². The molecule has 0 amide bonds. The summed E-state index contributed by atoms with van der Waals surface area (Å²) in [5.74, 6) is 0.0368. The Morgan fingerprint density at radius 3 is 2.62 bits per heavy atom. The van der Waals surface area contributed by atoms with E-state index in [-0.39, 0.29) is 11.8 Å². The first-order chi connectivity index (χ1) is 21.4. The molecule has 1 aliphatic carbocycles. The molecule has 16 heteroatoms. The maximum atomic E-state index is 15.9. The molecule has 0 spiro atoms. The molecule has 13 nitrogen and oxygen atoms in total. The quantitative estimate of drug-likeness (QED) is 0.130. The predicted octanol–water partition coefficient (Wildman–Crippen LogP) is 4.83. The second-order valence-corrected chi connectivity index (χ2v) is 13.6. The first kappa shape index (κ1) is 33.5. The number of nitrogens with one attached hydrogen (secondary N) is 2. The molecule has 6 atom stereocenters. The summed E-state index contributed by atoms with van der Waals surface area (Å²) in [6, 6.07) is 7.29. The molecule has 3 N–H and O–H groups in total. The third-order valence-corrected chi connectivity index (χ3v) is 9.78. The highest BCUT2D eigenvalue weighted by molar-refractivity contribution is 7.52. The smallest absolute Gasteiger partial charge is 0.459 e. The number of carbonyl (C=O) groups is 1. The summed E-state index contributed by atoms with van der Waals surface area (Å²) in [5, 5.41) is 17.1. The highest BCUT2D eigenvalue weighted by Gasteiger charge is 2.57. The second-order valence-electron chi connectivity index (χ2n) is 11.7. The number of alkyl halides is 2. The highest BCUT2D eigenvalue weighted by Crippen LogP contribution is 2.49. The van der Waals surface area contributed by atoms with Crippen molar-refractivity contribution in [3.8, 4) is 5.75 Å². The SMILES string of the molecule is Cc1nc(NC2CCCC2)c2ncn([C@@H]3O[C@](CCl)(CO[P@@](=O)(N[C@@H](C)C(=O)OC(C)C)Oc4ccccc4)[C@@H](O)[C@@H]3F)c2n1. The molecule has 5 rings (SSSR count). The average Bonchev–Trinajstić information content (AvgIpc) is 3.72. The number of anilines is 1. The van der Waals surface area contributed by atoms with E-state index in [1.54, 1.807) is 51.1 Å². The standard InChI is InChI=1S/C29H39ClFN6O7P/c1-17(2)42-28(39)18(3)36-45(40,44-21-12-6-5-7-13-21)41-15-29(14-30)24(38)22(31)27(43-29)37-16-32-23-25(33-19(4)34-26(23)37)35-20-10-8-9-11-20/h5-7,12-13,16-18,20,22,24,27,38H,8-11,14-15H2,1-4H3,(H,36,40)(H,33,34,35)/t18-,22-,24-,27+,29+,45-/m0/s1.